The van der Waals surface area contributed by atoms with Gasteiger partial charge < -0.3 is 14.8 Å². The van der Waals surface area contributed by atoms with Crippen molar-refractivity contribution in [2.75, 3.05) is 20.1 Å². The van der Waals surface area contributed by atoms with Crippen molar-refractivity contribution in [3.63, 3.8) is 0 Å². The summed E-state index contributed by atoms with van der Waals surface area (Å²) >= 11 is 0. The zero-order chi connectivity index (χ0) is 20.8. The van der Waals surface area contributed by atoms with Gasteiger partial charge in [0, 0.05) is 26.6 Å². The number of piperidine rings is 1. The number of imidazole rings is 1. The van der Waals surface area contributed by atoms with Crippen LogP contribution in [0.25, 0.3) is 11.0 Å². The van der Waals surface area contributed by atoms with Gasteiger partial charge in [0.25, 0.3) is 5.91 Å². The number of likely N-dealkylation sites (N-methyl/N-ethyl adjacent to an activating group) is 1. The number of likely N-dealkylation sites (tertiary alicyclic amines) is 1. The van der Waals surface area contributed by atoms with Gasteiger partial charge in [-0.15, -0.1) is 0 Å². The molecule has 1 aromatic heterocycles. The second-order valence-electron chi connectivity index (χ2n) is 8.46. The molecule has 4 amide bonds. The predicted molar refractivity (Wildman–Crippen MR) is 108 cm³/mol. The minimum absolute atomic E-state index is 0.0122. The number of benzene rings is 1. The number of amides is 4. The molecule has 154 valence electrons. The van der Waals surface area contributed by atoms with Crippen LogP contribution in [0, 0.1) is 5.92 Å². The number of aromatic nitrogens is 2. The number of carbonyl (C=O) groups excluding carboxylic acids is 3. The minimum Gasteiger partial charge on any atom is -0.341 e. The van der Waals surface area contributed by atoms with E-state index in [1.54, 1.807) is 4.90 Å². The van der Waals surface area contributed by atoms with E-state index in [1.165, 1.54) is 7.05 Å². The minimum atomic E-state index is -0.854. The largest absolute Gasteiger partial charge is 0.341 e. The van der Waals surface area contributed by atoms with Gasteiger partial charge in [0.1, 0.15) is 17.9 Å². The lowest BCUT2D eigenvalue weighted by Crippen LogP contribution is -2.56. The number of urea groups is 1. The van der Waals surface area contributed by atoms with Crippen molar-refractivity contribution < 1.29 is 14.4 Å². The molecule has 29 heavy (non-hydrogen) atoms. The summed E-state index contributed by atoms with van der Waals surface area (Å²) in [6.07, 6.45) is 1.69. The Kier molecular flexibility index (Phi) is 4.80. The number of imide groups is 1. The summed E-state index contributed by atoms with van der Waals surface area (Å²) in [5.74, 6) is 1.17. The van der Waals surface area contributed by atoms with Crippen LogP contribution in [0.2, 0.25) is 0 Å². The van der Waals surface area contributed by atoms with Crippen LogP contribution in [0.1, 0.15) is 32.5 Å². The molecule has 0 radical (unpaired) electrons. The van der Waals surface area contributed by atoms with Crippen LogP contribution in [0.3, 0.4) is 0 Å². The van der Waals surface area contributed by atoms with E-state index in [1.807, 2.05) is 28.8 Å². The van der Waals surface area contributed by atoms with Crippen molar-refractivity contribution in [3.8, 4) is 0 Å². The van der Waals surface area contributed by atoms with Gasteiger partial charge in [-0.1, -0.05) is 26.0 Å². The Bertz CT molecular complexity index is 972. The van der Waals surface area contributed by atoms with E-state index >= 15 is 0 Å². The molecule has 1 aromatic carbocycles. The predicted octanol–water partition coefficient (Wildman–Crippen LogP) is 1.78. The normalized spacial score (nSPS) is 18.9. The number of para-hydroxylation sites is 2. The van der Waals surface area contributed by atoms with Crippen LogP contribution in [0.4, 0.5) is 4.79 Å². The van der Waals surface area contributed by atoms with Crippen LogP contribution in [-0.2, 0) is 22.6 Å². The van der Waals surface area contributed by atoms with Crippen molar-refractivity contribution in [1.82, 2.24) is 24.7 Å². The fourth-order valence-corrected chi connectivity index (χ4v) is 4.29. The van der Waals surface area contributed by atoms with Gasteiger partial charge in [-0.05, 0) is 30.9 Å². The van der Waals surface area contributed by atoms with E-state index in [-0.39, 0.29) is 24.4 Å². The molecular formula is C21H27N5O3. The van der Waals surface area contributed by atoms with Crippen molar-refractivity contribution >= 4 is 28.9 Å². The molecule has 0 bridgehead atoms. The Hall–Kier alpha value is -2.90. The molecule has 4 rings (SSSR count). The fraction of sp³-hybridized carbons (Fsp3) is 0.524. The van der Waals surface area contributed by atoms with Crippen LogP contribution < -0.4 is 5.32 Å². The van der Waals surface area contributed by atoms with E-state index in [9.17, 15) is 14.4 Å². The SMILES string of the molecule is CC(C)Cc1nc2ccccc2n1CC(=O)N1CCC2(CC1)NC(=O)N(C)C2=O. The number of carbonyl (C=O) groups is 3. The lowest BCUT2D eigenvalue weighted by Gasteiger charge is -2.37. The summed E-state index contributed by atoms with van der Waals surface area (Å²) < 4.78 is 2.01. The van der Waals surface area contributed by atoms with Crippen LogP contribution in [0.5, 0.6) is 0 Å². The van der Waals surface area contributed by atoms with Gasteiger partial charge in [0.2, 0.25) is 5.91 Å². The number of nitrogens with one attached hydrogen (secondary N) is 1. The summed E-state index contributed by atoms with van der Waals surface area (Å²) in [6, 6.07) is 7.51. The first-order valence-electron chi connectivity index (χ1n) is 10.1. The molecule has 8 heteroatoms. The quantitative estimate of drug-likeness (QED) is 0.797. The molecule has 2 aliphatic rings. The van der Waals surface area contributed by atoms with Gasteiger partial charge in [-0.3, -0.25) is 14.5 Å². The first-order chi connectivity index (χ1) is 13.8. The molecule has 2 aliphatic heterocycles. The Balaban J connectivity index is 1.50. The van der Waals surface area contributed by atoms with Gasteiger partial charge in [0.05, 0.1) is 11.0 Å². The number of nitrogens with zero attached hydrogens (tertiary/aromatic N) is 4. The zero-order valence-corrected chi connectivity index (χ0v) is 17.1. The van der Waals surface area contributed by atoms with E-state index in [4.69, 9.17) is 4.98 Å². The standard InChI is InChI=1S/C21H27N5O3/c1-14(2)12-17-22-15-6-4-5-7-16(15)26(17)13-18(27)25-10-8-21(9-11-25)19(28)24(3)20(29)23-21/h4-7,14H,8-13H2,1-3H3,(H,23,29). The highest BCUT2D eigenvalue weighted by Crippen LogP contribution is 2.29. The van der Waals surface area contributed by atoms with Crippen LogP contribution in [-0.4, -0.2) is 62.9 Å². The average molecular weight is 397 g/mol. The molecule has 2 saturated heterocycles. The first kappa shape index (κ1) is 19.4. The molecule has 1 N–H and O–H groups in total. The van der Waals surface area contributed by atoms with Crippen LogP contribution in [0.15, 0.2) is 24.3 Å². The lowest BCUT2D eigenvalue weighted by atomic mass is 9.87. The van der Waals surface area contributed by atoms with E-state index < -0.39 is 5.54 Å². The number of fused-ring (bicyclic) bond motifs is 1. The Morgan fingerprint density at radius 2 is 1.90 bits per heavy atom. The van der Waals surface area contributed by atoms with E-state index in [0.29, 0.717) is 31.8 Å². The lowest BCUT2D eigenvalue weighted by molar-refractivity contribution is -0.138. The van der Waals surface area contributed by atoms with Gasteiger partial charge >= 0.3 is 6.03 Å². The molecule has 0 atom stereocenters. The summed E-state index contributed by atoms with van der Waals surface area (Å²) in [5, 5.41) is 2.81. The Morgan fingerprint density at radius 3 is 2.52 bits per heavy atom. The maximum atomic E-state index is 13.1. The second kappa shape index (κ2) is 7.17. The highest BCUT2D eigenvalue weighted by molar-refractivity contribution is 6.06. The van der Waals surface area contributed by atoms with Gasteiger partial charge in [0.15, 0.2) is 0 Å². The third kappa shape index (κ3) is 3.36. The molecule has 2 fully saturated rings. The zero-order valence-electron chi connectivity index (χ0n) is 17.1. The molecule has 0 unspecified atom stereocenters. The van der Waals surface area contributed by atoms with Crippen molar-refractivity contribution in [1.29, 1.82) is 0 Å². The highest BCUT2D eigenvalue weighted by atomic mass is 16.2. The third-order valence-electron chi connectivity index (χ3n) is 5.95. The van der Waals surface area contributed by atoms with Crippen LogP contribution >= 0.6 is 0 Å². The van der Waals surface area contributed by atoms with Gasteiger partial charge in [-0.2, -0.15) is 0 Å². The van der Waals surface area contributed by atoms with Crippen molar-refractivity contribution in [3.05, 3.63) is 30.1 Å². The topological polar surface area (TPSA) is 87.5 Å². The van der Waals surface area contributed by atoms with Crippen molar-refractivity contribution in [2.24, 2.45) is 5.92 Å². The fourth-order valence-electron chi connectivity index (χ4n) is 4.29. The molecule has 8 nitrogen and oxygen atoms in total. The smallest absolute Gasteiger partial charge is 0.324 e. The summed E-state index contributed by atoms with van der Waals surface area (Å²) in [7, 11) is 1.49. The Labute approximate surface area is 169 Å². The number of rotatable bonds is 4. The summed E-state index contributed by atoms with van der Waals surface area (Å²) in [5.41, 5.74) is 1.01. The maximum absolute atomic E-state index is 13.1. The first-order valence-corrected chi connectivity index (χ1v) is 10.1. The average Bonchev–Trinajstić information content (AvgIpc) is 3.12. The molecule has 1 spiro atoms. The maximum Gasteiger partial charge on any atom is 0.324 e. The molecule has 3 heterocycles. The number of hydrogen-bond acceptors (Lipinski definition) is 4. The molecule has 2 aromatic rings. The third-order valence-corrected chi connectivity index (χ3v) is 5.95. The molecular weight excluding hydrogens is 370 g/mol. The monoisotopic (exact) mass is 397 g/mol. The molecule has 0 aliphatic carbocycles. The van der Waals surface area contributed by atoms with Gasteiger partial charge in [-0.25, -0.2) is 9.78 Å². The summed E-state index contributed by atoms with van der Waals surface area (Å²) in [6.45, 7) is 5.41. The number of hydrogen-bond donors (Lipinski definition) is 1. The van der Waals surface area contributed by atoms with Crippen molar-refractivity contribution in [2.45, 2.75) is 45.2 Å². The van der Waals surface area contributed by atoms with E-state index in [0.717, 1.165) is 28.2 Å². The summed E-state index contributed by atoms with van der Waals surface area (Å²) in [4.78, 5) is 45.0. The Morgan fingerprint density at radius 1 is 1.21 bits per heavy atom. The highest BCUT2D eigenvalue weighted by Gasteiger charge is 2.51. The van der Waals surface area contributed by atoms with E-state index in [2.05, 4.69) is 19.2 Å². The molecule has 0 saturated carbocycles. The second-order valence-corrected chi connectivity index (χ2v) is 8.46.